The van der Waals surface area contributed by atoms with Crippen molar-refractivity contribution in [3.05, 3.63) is 58.8 Å². The number of hydrogen-bond acceptors (Lipinski definition) is 7. The summed E-state index contributed by atoms with van der Waals surface area (Å²) in [4.78, 5) is 28.6. The van der Waals surface area contributed by atoms with Gasteiger partial charge in [-0.25, -0.2) is 0 Å². The maximum absolute atomic E-state index is 12.0. The highest BCUT2D eigenvalue weighted by atomic mass is 16.5. The third-order valence-electron chi connectivity index (χ3n) is 8.77. The molecule has 8 nitrogen and oxygen atoms in total. The predicted molar refractivity (Wildman–Crippen MR) is 152 cm³/mol. The molecule has 1 aromatic heterocycles. The first-order valence-corrected chi connectivity index (χ1v) is 14.2. The van der Waals surface area contributed by atoms with E-state index in [4.69, 9.17) is 19.4 Å². The van der Waals surface area contributed by atoms with Crippen LogP contribution >= 0.6 is 0 Å². The van der Waals surface area contributed by atoms with Crippen molar-refractivity contribution in [2.24, 2.45) is 0 Å². The Kier molecular flexibility index (Phi) is 7.16. The van der Waals surface area contributed by atoms with Crippen LogP contribution in [0.4, 0.5) is 5.82 Å². The zero-order valence-corrected chi connectivity index (χ0v) is 23.5. The van der Waals surface area contributed by atoms with Crippen molar-refractivity contribution in [1.29, 1.82) is 0 Å². The SMILES string of the molecule is CC(=O)N1CCN(c2nc(OC[C@@H]3CCCN3C)nc3c2CO[C@H](c2cccc4cccc(C)c24)C3)[C@@H](C)C1. The number of hydrogen-bond donors (Lipinski definition) is 0. The summed E-state index contributed by atoms with van der Waals surface area (Å²) in [6.07, 6.45) is 2.90. The van der Waals surface area contributed by atoms with Crippen molar-refractivity contribution in [3.63, 3.8) is 0 Å². The van der Waals surface area contributed by atoms with Crippen LogP contribution in [0.2, 0.25) is 0 Å². The first-order valence-electron chi connectivity index (χ1n) is 14.2. The molecule has 0 N–H and O–H groups in total. The van der Waals surface area contributed by atoms with Crippen LogP contribution < -0.4 is 9.64 Å². The quantitative estimate of drug-likeness (QED) is 0.489. The van der Waals surface area contributed by atoms with Gasteiger partial charge in [0, 0.05) is 50.6 Å². The van der Waals surface area contributed by atoms with Gasteiger partial charge in [-0.2, -0.15) is 9.97 Å². The normalized spacial score (nSPS) is 23.7. The molecule has 3 aliphatic heterocycles. The summed E-state index contributed by atoms with van der Waals surface area (Å²) in [5.41, 5.74) is 4.49. The number of benzene rings is 2. The fourth-order valence-electron chi connectivity index (χ4n) is 6.48. The molecular formula is C31H39N5O3. The van der Waals surface area contributed by atoms with Gasteiger partial charge in [-0.15, -0.1) is 0 Å². The Morgan fingerprint density at radius 2 is 1.95 bits per heavy atom. The fourth-order valence-corrected chi connectivity index (χ4v) is 6.48. The Morgan fingerprint density at radius 1 is 1.13 bits per heavy atom. The van der Waals surface area contributed by atoms with E-state index in [-0.39, 0.29) is 18.1 Å². The van der Waals surface area contributed by atoms with Gasteiger partial charge in [-0.3, -0.25) is 4.79 Å². The molecule has 0 saturated carbocycles. The average Bonchev–Trinajstić information content (AvgIpc) is 3.35. The van der Waals surface area contributed by atoms with Crippen LogP contribution in [0.15, 0.2) is 36.4 Å². The summed E-state index contributed by atoms with van der Waals surface area (Å²) in [7, 11) is 2.16. The van der Waals surface area contributed by atoms with E-state index in [1.807, 2.05) is 4.90 Å². The highest BCUT2D eigenvalue weighted by molar-refractivity contribution is 5.89. The number of amides is 1. The molecule has 0 aliphatic carbocycles. The monoisotopic (exact) mass is 529 g/mol. The molecule has 0 spiro atoms. The van der Waals surface area contributed by atoms with E-state index in [0.29, 0.717) is 44.8 Å². The van der Waals surface area contributed by atoms with Crippen molar-refractivity contribution in [3.8, 4) is 6.01 Å². The smallest absolute Gasteiger partial charge is 0.318 e. The van der Waals surface area contributed by atoms with E-state index in [1.54, 1.807) is 6.92 Å². The van der Waals surface area contributed by atoms with Crippen LogP contribution in [0, 0.1) is 6.92 Å². The summed E-state index contributed by atoms with van der Waals surface area (Å²) in [5.74, 6) is 1.01. The minimum absolute atomic E-state index is 0.0918. The molecule has 0 radical (unpaired) electrons. The molecule has 0 unspecified atom stereocenters. The number of ether oxygens (including phenoxy) is 2. The first kappa shape index (κ1) is 26.0. The van der Waals surface area contributed by atoms with E-state index in [9.17, 15) is 4.79 Å². The van der Waals surface area contributed by atoms with Crippen LogP contribution in [0.5, 0.6) is 6.01 Å². The van der Waals surface area contributed by atoms with Gasteiger partial charge in [0.25, 0.3) is 0 Å². The highest BCUT2D eigenvalue weighted by Crippen LogP contribution is 2.39. The van der Waals surface area contributed by atoms with Gasteiger partial charge >= 0.3 is 6.01 Å². The van der Waals surface area contributed by atoms with Crippen molar-refractivity contribution >= 4 is 22.5 Å². The molecule has 6 rings (SSSR count). The number of aromatic nitrogens is 2. The lowest BCUT2D eigenvalue weighted by atomic mass is 9.92. The van der Waals surface area contributed by atoms with E-state index < -0.39 is 0 Å². The molecule has 0 bridgehead atoms. The maximum atomic E-state index is 12.0. The number of likely N-dealkylation sites (N-methyl/N-ethyl adjacent to an activating group) is 1. The second-order valence-electron chi connectivity index (χ2n) is 11.4. The van der Waals surface area contributed by atoms with Gasteiger partial charge in [-0.1, -0.05) is 36.4 Å². The Morgan fingerprint density at radius 3 is 2.69 bits per heavy atom. The number of carbonyl (C=O) groups is 1. The summed E-state index contributed by atoms with van der Waals surface area (Å²) in [6, 6.07) is 13.9. The number of fused-ring (bicyclic) bond motifs is 2. The second kappa shape index (κ2) is 10.7. The number of rotatable bonds is 5. The number of aryl methyl sites for hydroxylation is 1. The molecule has 206 valence electrons. The average molecular weight is 530 g/mol. The molecule has 3 aliphatic rings. The fraction of sp³-hybridized carbons (Fsp3) is 0.516. The molecule has 2 aromatic carbocycles. The summed E-state index contributed by atoms with van der Waals surface area (Å²) in [6.45, 7) is 10.2. The Hall–Kier alpha value is -3.23. The molecule has 2 saturated heterocycles. The number of anilines is 1. The molecule has 4 heterocycles. The molecule has 8 heteroatoms. The van der Waals surface area contributed by atoms with E-state index in [1.165, 1.54) is 28.3 Å². The molecular weight excluding hydrogens is 490 g/mol. The highest BCUT2D eigenvalue weighted by Gasteiger charge is 2.33. The van der Waals surface area contributed by atoms with Gasteiger partial charge in [-0.05, 0) is 62.2 Å². The lowest BCUT2D eigenvalue weighted by Crippen LogP contribution is -2.54. The van der Waals surface area contributed by atoms with Gasteiger partial charge in [0.1, 0.15) is 12.4 Å². The van der Waals surface area contributed by atoms with Crippen LogP contribution in [0.1, 0.15) is 55.2 Å². The number of nitrogens with zero attached hydrogens (tertiary/aromatic N) is 5. The molecule has 39 heavy (non-hydrogen) atoms. The maximum Gasteiger partial charge on any atom is 0.318 e. The molecule has 2 fully saturated rings. The largest absolute Gasteiger partial charge is 0.462 e. The molecule has 3 atom stereocenters. The lowest BCUT2D eigenvalue weighted by Gasteiger charge is -2.41. The topological polar surface area (TPSA) is 71.0 Å². The van der Waals surface area contributed by atoms with Crippen molar-refractivity contribution in [2.75, 3.05) is 44.7 Å². The summed E-state index contributed by atoms with van der Waals surface area (Å²) >= 11 is 0. The molecule has 1 amide bonds. The van der Waals surface area contributed by atoms with Gasteiger partial charge in [0.15, 0.2) is 0 Å². The lowest BCUT2D eigenvalue weighted by molar-refractivity contribution is -0.129. The van der Waals surface area contributed by atoms with Crippen LogP contribution in [-0.2, 0) is 22.6 Å². The van der Waals surface area contributed by atoms with E-state index in [0.717, 1.165) is 36.6 Å². The minimum Gasteiger partial charge on any atom is -0.462 e. The number of likely N-dealkylation sites (tertiary alicyclic amines) is 1. The predicted octanol–water partition coefficient (Wildman–Crippen LogP) is 4.28. The van der Waals surface area contributed by atoms with E-state index >= 15 is 0 Å². The van der Waals surface area contributed by atoms with E-state index in [2.05, 4.69) is 67.1 Å². The van der Waals surface area contributed by atoms with Gasteiger partial charge in [0.05, 0.1) is 18.4 Å². The van der Waals surface area contributed by atoms with Crippen LogP contribution in [0.3, 0.4) is 0 Å². The third kappa shape index (κ3) is 5.08. The Balaban J connectivity index is 1.34. The number of piperazine rings is 1. The summed E-state index contributed by atoms with van der Waals surface area (Å²) in [5, 5.41) is 2.49. The summed E-state index contributed by atoms with van der Waals surface area (Å²) < 4.78 is 12.8. The van der Waals surface area contributed by atoms with Crippen molar-refractivity contribution in [1.82, 2.24) is 19.8 Å². The second-order valence-corrected chi connectivity index (χ2v) is 11.4. The first-order chi connectivity index (χ1) is 18.9. The minimum atomic E-state index is -0.0918. The third-order valence-corrected chi connectivity index (χ3v) is 8.77. The Bertz CT molecular complexity index is 1370. The Labute approximate surface area is 230 Å². The van der Waals surface area contributed by atoms with Crippen molar-refractivity contribution in [2.45, 2.75) is 64.8 Å². The van der Waals surface area contributed by atoms with Gasteiger partial charge < -0.3 is 24.2 Å². The van der Waals surface area contributed by atoms with Crippen LogP contribution in [-0.4, -0.2) is 77.6 Å². The van der Waals surface area contributed by atoms with Gasteiger partial charge in [0.2, 0.25) is 5.91 Å². The number of carbonyl (C=O) groups excluding carboxylic acids is 1. The zero-order valence-electron chi connectivity index (χ0n) is 23.5. The zero-order chi connectivity index (χ0) is 27.1. The van der Waals surface area contributed by atoms with Crippen LogP contribution in [0.25, 0.3) is 10.8 Å². The standard InChI is InChI=1S/C31H39N5O3/c1-20-8-5-9-23-10-6-12-25(29(20)23)28-16-27-26(19-38-28)30(36-15-14-35(22(3)37)17-21(36)2)33-31(32-27)39-18-24-11-7-13-34(24)4/h5-6,8-10,12,21,24,28H,7,11,13-19H2,1-4H3/t21-,24-,28-/m0/s1. The van der Waals surface area contributed by atoms with Crippen molar-refractivity contribution < 1.29 is 14.3 Å². The molecule has 3 aromatic rings.